The average Bonchev–Trinajstić information content (AvgIpc) is 3.72. The summed E-state index contributed by atoms with van der Waals surface area (Å²) in [7, 11) is -0.982. The summed E-state index contributed by atoms with van der Waals surface area (Å²) in [5, 5.41) is 4.77. The van der Waals surface area contributed by atoms with Crippen molar-refractivity contribution in [3.05, 3.63) is 121 Å². The van der Waals surface area contributed by atoms with Crippen LogP contribution in [-0.4, -0.2) is 25.7 Å². The first kappa shape index (κ1) is 29.0. The minimum atomic E-state index is -0.982. The molecule has 0 aliphatic rings. The second-order valence-electron chi connectivity index (χ2n) is 10.5. The summed E-state index contributed by atoms with van der Waals surface area (Å²) in [4.78, 5) is 11.2. The van der Waals surface area contributed by atoms with Crippen LogP contribution >= 0.6 is 11.8 Å². The molecule has 222 valence electrons. The zero-order valence-corrected chi connectivity index (χ0v) is 26.5. The van der Waals surface area contributed by atoms with E-state index in [0.717, 1.165) is 43.8 Å². The van der Waals surface area contributed by atoms with Crippen LogP contribution in [0, 0.1) is 0 Å². The molecular formula is C38H30N2O3S2. The van der Waals surface area contributed by atoms with Gasteiger partial charge in [-0.1, -0.05) is 74.5 Å². The summed E-state index contributed by atoms with van der Waals surface area (Å²) in [5.74, 6) is 2.92. The monoisotopic (exact) mass is 626 g/mol. The lowest BCUT2D eigenvalue weighted by Crippen LogP contribution is -1.93. The molecule has 5 nitrogen and oxygen atoms in total. The Hall–Kier alpha value is -4.72. The SMILES string of the molecule is CCS(=O)c1ccc2oc(-c3ccc4ccccc4c3)nc2c1.CCSc1ccc2oc(-c3ccc4ccccc4c3)nc2c1. The van der Waals surface area contributed by atoms with Gasteiger partial charge in [0.25, 0.3) is 0 Å². The fourth-order valence-corrected chi connectivity index (χ4v) is 6.76. The molecule has 8 rings (SSSR count). The maximum atomic E-state index is 11.9. The van der Waals surface area contributed by atoms with Crippen molar-refractivity contribution in [1.82, 2.24) is 9.97 Å². The maximum absolute atomic E-state index is 11.9. The lowest BCUT2D eigenvalue weighted by Gasteiger charge is -1.99. The second-order valence-corrected chi connectivity index (χ2v) is 13.6. The fourth-order valence-electron chi connectivity index (χ4n) is 5.27. The molecule has 2 aromatic heterocycles. The first-order valence-corrected chi connectivity index (χ1v) is 17.2. The number of hydrogen-bond acceptors (Lipinski definition) is 6. The van der Waals surface area contributed by atoms with Gasteiger partial charge in [-0.05, 0) is 88.0 Å². The molecule has 0 aliphatic heterocycles. The summed E-state index contributed by atoms with van der Waals surface area (Å²) in [6.07, 6.45) is 0. The zero-order chi connectivity index (χ0) is 30.8. The summed E-state index contributed by atoms with van der Waals surface area (Å²) in [6, 6.07) is 40.7. The molecule has 45 heavy (non-hydrogen) atoms. The number of benzene rings is 6. The lowest BCUT2D eigenvalue weighted by atomic mass is 10.1. The van der Waals surface area contributed by atoms with E-state index in [1.165, 1.54) is 21.1 Å². The third-order valence-corrected chi connectivity index (χ3v) is 9.73. The summed E-state index contributed by atoms with van der Waals surface area (Å²) in [6.45, 7) is 4.06. The van der Waals surface area contributed by atoms with Gasteiger partial charge in [-0.15, -0.1) is 11.8 Å². The van der Waals surface area contributed by atoms with Gasteiger partial charge in [0.2, 0.25) is 11.8 Å². The number of oxazole rings is 2. The Balaban J connectivity index is 0.000000145. The molecule has 1 atom stereocenters. The molecule has 0 saturated carbocycles. The molecule has 7 heteroatoms. The number of aromatic nitrogens is 2. The first-order chi connectivity index (χ1) is 22.1. The van der Waals surface area contributed by atoms with Gasteiger partial charge in [0.05, 0.1) is 10.8 Å². The van der Waals surface area contributed by atoms with E-state index >= 15 is 0 Å². The van der Waals surface area contributed by atoms with Gasteiger partial charge < -0.3 is 8.83 Å². The van der Waals surface area contributed by atoms with Crippen LogP contribution in [0.25, 0.3) is 66.7 Å². The molecule has 0 saturated heterocycles. The van der Waals surface area contributed by atoms with E-state index in [0.29, 0.717) is 23.1 Å². The van der Waals surface area contributed by atoms with Crippen molar-refractivity contribution >= 4 is 66.3 Å². The van der Waals surface area contributed by atoms with Crippen LogP contribution in [0.3, 0.4) is 0 Å². The molecule has 0 bridgehead atoms. The van der Waals surface area contributed by atoms with Gasteiger partial charge >= 0.3 is 0 Å². The van der Waals surface area contributed by atoms with E-state index in [2.05, 4.69) is 83.6 Å². The molecule has 0 fully saturated rings. The molecular weight excluding hydrogens is 597 g/mol. The Kier molecular flexibility index (Phi) is 8.20. The van der Waals surface area contributed by atoms with E-state index in [1.54, 1.807) is 0 Å². The van der Waals surface area contributed by atoms with Crippen molar-refractivity contribution in [1.29, 1.82) is 0 Å². The van der Waals surface area contributed by atoms with E-state index in [-0.39, 0.29) is 0 Å². The zero-order valence-electron chi connectivity index (χ0n) is 24.9. The van der Waals surface area contributed by atoms with Crippen molar-refractivity contribution in [3.8, 4) is 22.9 Å². The minimum absolute atomic E-state index is 0.588. The van der Waals surface area contributed by atoms with Crippen molar-refractivity contribution in [2.45, 2.75) is 23.6 Å². The predicted molar refractivity (Wildman–Crippen MR) is 187 cm³/mol. The van der Waals surface area contributed by atoms with E-state index in [1.807, 2.05) is 73.3 Å². The van der Waals surface area contributed by atoms with Gasteiger partial charge in [-0.25, -0.2) is 9.97 Å². The van der Waals surface area contributed by atoms with Crippen LogP contribution in [0.15, 0.2) is 140 Å². The van der Waals surface area contributed by atoms with Crippen LogP contribution < -0.4 is 0 Å². The van der Waals surface area contributed by atoms with Gasteiger partial charge in [0, 0.05) is 26.7 Å². The number of fused-ring (bicyclic) bond motifs is 4. The largest absolute Gasteiger partial charge is 0.436 e. The highest BCUT2D eigenvalue weighted by molar-refractivity contribution is 7.99. The smallest absolute Gasteiger partial charge is 0.227 e. The first-order valence-electron chi connectivity index (χ1n) is 14.9. The number of rotatable bonds is 6. The van der Waals surface area contributed by atoms with Crippen molar-refractivity contribution in [2.75, 3.05) is 11.5 Å². The van der Waals surface area contributed by atoms with Gasteiger partial charge in [-0.3, -0.25) is 4.21 Å². The van der Waals surface area contributed by atoms with Crippen LogP contribution in [0.2, 0.25) is 0 Å². The van der Waals surface area contributed by atoms with Crippen molar-refractivity contribution in [3.63, 3.8) is 0 Å². The highest BCUT2D eigenvalue weighted by Gasteiger charge is 2.12. The van der Waals surface area contributed by atoms with Crippen molar-refractivity contribution in [2.24, 2.45) is 0 Å². The van der Waals surface area contributed by atoms with Gasteiger partial charge in [0.1, 0.15) is 11.0 Å². The molecule has 0 aliphatic carbocycles. The minimum Gasteiger partial charge on any atom is -0.436 e. The number of nitrogens with zero attached hydrogens (tertiary/aromatic N) is 2. The van der Waals surface area contributed by atoms with E-state index in [9.17, 15) is 4.21 Å². The second kappa shape index (κ2) is 12.7. The molecule has 8 aromatic rings. The molecule has 1 unspecified atom stereocenters. The summed E-state index contributed by atoms with van der Waals surface area (Å²) in [5.41, 5.74) is 5.17. The van der Waals surface area contributed by atoms with E-state index < -0.39 is 10.8 Å². The molecule has 2 heterocycles. The summed E-state index contributed by atoms with van der Waals surface area (Å²) < 4.78 is 23.7. The van der Waals surface area contributed by atoms with Crippen LogP contribution in [-0.2, 0) is 10.8 Å². The molecule has 0 N–H and O–H groups in total. The highest BCUT2D eigenvalue weighted by atomic mass is 32.2. The third kappa shape index (κ3) is 6.14. The maximum Gasteiger partial charge on any atom is 0.227 e. The number of hydrogen-bond donors (Lipinski definition) is 0. The van der Waals surface area contributed by atoms with Crippen LogP contribution in [0.4, 0.5) is 0 Å². The van der Waals surface area contributed by atoms with E-state index in [4.69, 9.17) is 8.83 Å². The van der Waals surface area contributed by atoms with Gasteiger partial charge in [0.15, 0.2) is 11.2 Å². The number of thioether (sulfide) groups is 1. The van der Waals surface area contributed by atoms with Gasteiger partial charge in [-0.2, -0.15) is 0 Å². The Morgan fingerprint density at radius 3 is 1.69 bits per heavy atom. The average molecular weight is 627 g/mol. The standard InChI is InChI=1S/C19H15NO2S.C19H15NOS/c1-2-23(21)16-9-10-18-17(12-16)20-19(22-18)15-8-7-13-5-3-4-6-14(13)11-15;1-2-22-16-9-10-18-17(12-16)20-19(21-18)15-8-7-13-5-3-4-6-14(13)11-15/h3-12H,2H2,1H3;3-12H,2H2,1H3. The Labute approximate surface area is 267 Å². The summed E-state index contributed by atoms with van der Waals surface area (Å²) >= 11 is 1.82. The molecule has 6 aromatic carbocycles. The highest BCUT2D eigenvalue weighted by Crippen LogP contribution is 2.30. The molecule has 0 radical (unpaired) electrons. The topological polar surface area (TPSA) is 69.1 Å². The molecule has 0 spiro atoms. The molecule has 0 amide bonds. The predicted octanol–water partition coefficient (Wildman–Crippen LogP) is 10.5. The fraction of sp³-hybridized carbons (Fsp3) is 0.105. The Morgan fingerprint density at radius 1 is 0.600 bits per heavy atom. The quantitative estimate of drug-likeness (QED) is 0.171. The Morgan fingerprint density at radius 2 is 1.13 bits per heavy atom. The Bertz CT molecular complexity index is 2320. The van der Waals surface area contributed by atoms with Crippen LogP contribution in [0.5, 0.6) is 0 Å². The third-order valence-electron chi connectivity index (χ3n) is 7.55. The van der Waals surface area contributed by atoms with Crippen LogP contribution in [0.1, 0.15) is 13.8 Å². The lowest BCUT2D eigenvalue weighted by molar-refractivity contribution is 0.619. The normalized spacial score (nSPS) is 12.0. The van der Waals surface area contributed by atoms with Crippen molar-refractivity contribution < 1.29 is 13.0 Å².